The molecule has 3 rings (SSSR count). The fourth-order valence-corrected chi connectivity index (χ4v) is 2.39. The van der Waals surface area contributed by atoms with Crippen molar-refractivity contribution in [3.63, 3.8) is 0 Å². The van der Waals surface area contributed by atoms with Crippen molar-refractivity contribution < 1.29 is 0 Å². The molecule has 1 N–H and O–H groups in total. The van der Waals surface area contributed by atoms with Crippen LogP contribution in [0.15, 0.2) is 60.1 Å². The SMILES string of the molecule is C=C1NC(=NC)c2ccc(C)cc2N1c1cccnc1. The number of pyridine rings is 1. The van der Waals surface area contributed by atoms with E-state index >= 15 is 0 Å². The zero-order valence-electron chi connectivity index (χ0n) is 11.6. The summed E-state index contributed by atoms with van der Waals surface area (Å²) in [7, 11) is 1.78. The topological polar surface area (TPSA) is 40.5 Å². The fraction of sp³-hybridized carbons (Fsp3) is 0.125. The largest absolute Gasteiger partial charge is 0.326 e. The van der Waals surface area contributed by atoms with Crippen molar-refractivity contribution >= 4 is 17.2 Å². The lowest BCUT2D eigenvalue weighted by Crippen LogP contribution is -2.38. The summed E-state index contributed by atoms with van der Waals surface area (Å²) < 4.78 is 0. The molecule has 0 saturated carbocycles. The number of fused-ring (bicyclic) bond motifs is 1. The molecule has 0 fully saturated rings. The normalized spacial score (nSPS) is 16.0. The second kappa shape index (κ2) is 4.81. The zero-order valence-corrected chi connectivity index (χ0v) is 11.6. The lowest BCUT2D eigenvalue weighted by molar-refractivity contribution is 0.984. The van der Waals surface area contributed by atoms with Gasteiger partial charge < -0.3 is 5.32 Å². The molecule has 0 radical (unpaired) electrons. The standard InChI is InChI=1S/C16H16N4/c1-11-6-7-14-15(9-11)20(12(2)19-16(14)17-3)13-5-4-8-18-10-13/h4-10H,2H2,1,3H3,(H,17,19). The second-order valence-corrected chi connectivity index (χ2v) is 4.71. The summed E-state index contributed by atoms with van der Waals surface area (Å²) in [5.74, 6) is 1.61. The van der Waals surface area contributed by atoms with E-state index in [1.165, 1.54) is 5.56 Å². The number of amidine groups is 1. The second-order valence-electron chi connectivity index (χ2n) is 4.71. The number of hydrogen-bond donors (Lipinski definition) is 1. The van der Waals surface area contributed by atoms with Gasteiger partial charge >= 0.3 is 0 Å². The van der Waals surface area contributed by atoms with Gasteiger partial charge in [0.15, 0.2) is 0 Å². The molecule has 100 valence electrons. The van der Waals surface area contributed by atoms with Gasteiger partial charge in [-0.2, -0.15) is 0 Å². The Morgan fingerprint density at radius 3 is 2.85 bits per heavy atom. The molecule has 2 aromatic rings. The van der Waals surface area contributed by atoms with Crippen LogP contribution in [0.4, 0.5) is 11.4 Å². The van der Waals surface area contributed by atoms with E-state index in [-0.39, 0.29) is 0 Å². The Kier molecular flexibility index (Phi) is 2.99. The van der Waals surface area contributed by atoms with Crippen molar-refractivity contribution in [1.82, 2.24) is 10.3 Å². The van der Waals surface area contributed by atoms with Gasteiger partial charge in [-0.1, -0.05) is 12.6 Å². The quantitative estimate of drug-likeness (QED) is 0.860. The first-order chi connectivity index (χ1) is 9.70. The number of rotatable bonds is 1. The van der Waals surface area contributed by atoms with Crippen LogP contribution in [0.5, 0.6) is 0 Å². The monoisotopic (exact) mass is 264 g/mol. The molecule has 0 unspecified atom stereocenters. The lowest BCUT2D eigenvalue weighted by Gasteiger charge is -2.34. The van der Waals surface area contributed by atoms with Gasteiger partial charge in [0.2, 0.25) is 0 Å². The molecule has 1 aromatic carbocycles. The number of aromatic nitrogens is 1. The van der Waals surface area contributed by atoms with Crippen LogP contribution in [0.25, 0.3) is 0 Å². The Morgan fingerprint density at radius 1 is 1.30 bits per heavy atom. The number of benzene rings is 1. The molecule has 20 heavy (non-hydrogen) atoms. The summed E-state index contributed by atoms with van der Waals surface area (Å²) >= 11 is 0. The van der Waals surface area contributed by atoms with Gasteiger partial charge in [0.1, 0.15) is 11.7 Å². The summed E-state index contributed by atoms with van der Waals surface area (Å²) in [5, 5.41) is 3.24. The van der Waals surface area contributed by atoms with E-state index < -0.39 is 0 Å². The number of nitrogens with zero attached hydrogens (tertiary/aromatic N) is 3. The molecule has 1 aliphatic rings. The number of anilines is 2. The number of aliphatic imine (C=N–C) groups is 1. The van der Waals surface area contributed by atoms with Gasteiger partial charge in [-0.3, -0.25) is 14.9 Å². The van der Waals surface area contributed by atoms with Crippen LogP contribution in [0.3, 0.4) is 0 Å². The molecular weight excluding hydrogens is 248 g/mol. The molecule has 0 amide bonds. The summed E-state index contributed by atoms with van der Waals surface area (Å²) in [4.78, 5) is 10.5. The molecule has 4 nitrogen and oxygen atoms in total. The number of aryl methyl sites for hydroxylation is 1. The predicted octanol–water partition coefficient (Wildman–Crippen LogP) is 2.98. The van der Waals surface area contributed by atoms with Gasteiger partial charge in [0, 0.05) is 18.8 Å². The van der Waals surface area contributed by atoms with Crippen molar-refractivity contribution in [2.24, 2.45) is 4.99 Å². The van der Waals surface area contributed by atoms with Gasteiger partial charge in [0.25, 0.3) is 0 Å². The molecule has 1 aliphatic heterocycles. The maximum absolute atomic E-state index is 4.30. The smallest absolute Gasteiger partial charge is 0.135 e. The third-order valence-corrected chi connectivity index (χ3v) is 3.31. The van der Waals surface area contributed by atoms with E-state index in [1.807, 2.05) is 18.3 Å². The van der Waals surface area contributed by atoms with Crippen molar-refractivity contribution in [1.29, 1.82) is 0 Å². The molecule has 0 spiro atoms. The maximum atomic E-state index is 4.30. The van der Waals surface area contributed by atoms with Crippen LogP contribution in [0.2, 0.25) is 0 Å². The predicted molar refractivity (Wildman–Crippen MR) is 82.3 cm³/mol. The number of hydrogen-bond acceptors (Lipinski definition) is 3. The van der Waals surface area contributed by atoms with Gasteiger partial charge in [-0.25, -0.2) is 0 Å². The van der Waals surface area contributed by atoms with Crippen molar-refractivity contribution in [2.75, 3.05) is 11.9 Å². The Hall–Kier alpha value is -2.62. The summed E-state index contributed by atoms with van der Waals surface area (Å²) in [6.07, 6.45) is 3.59. The lowest BCUT2D eigenvalue weighted by atomic mass is 10.0. The minimum absolute atomic E-state index is 0.775. The van der Waals surface area contributed by atoms with E-state index in [0.717, 1.165) is 28.6 Å². The average molecular weight is 264 g/mol. The van der Waals surface area contributed by atoms with Gasteiger partial charge in [0.05, 0.1) is 17.6 Å². The van der Waals surface area contributed by atoms with Crippen LogP contribution >= 0.6 is 0 Å². The van der Waals surface area contributed by atoms with E-state index in [4.69, 9.17) is 0 Å². The van der Waals surface area contributed by atoms with Crippen LogP contribution in [0, 0.1) is 6.92 Å². The van der Waals surface area contributed by atoms with Crippen molar-refractivity contribution in [3.05, 3.63) is 66.3 Å². The molecule has 1 aromatic heterocycles. The highest BCUT2D eigenvalue weighted by molar-refractivity contribution is 6.08. The van der Waals surface area contributed by atoms with E-state index in [1.54, 1.807) is 13.2 Å². The van der Waals surface area contributed by atoms with Crippen LogP contribution in [0.1, 0.15) is 11.1 Å². The molecule has 0 bridgehead atoms. The van der Waals surface area contributed by atoms with Crippen molar-refractivity contribution in [3.8, 4) is 0 Å². The first kappa shape index (κ1) is 12.4. The highest BCUT2D eigenvalue weighted by Crippen LogP contribution is 2.34. The Bertz CT molecular complexity index is 689. The minimum Gasteiger partial charge on any atom is -0.326 e. The summed E-state index contributed by atoms with van der Waals surface area (Å²) in [6, 6.07) is 10.2. The highest BCUT2D eigenvalue weighted by Gasteiger charge is 2.25. The van der Waals surface area contributed by atoms with Crippen LogP contribution < -0.4 is 10.2 Å². The molecule has 0 atom stereocenters. The van der Waals surface area contributed by atoms with Crippen molar-refractivity contribution in [2.45, 2.75) is 6.92 Å². The minimum atomic E-state index is 0.775. The Balaban J connectivity index is 2.22. The average Bonchev–Trinajstić information content (AvgIpc) is 2.47. The summed E-state index contributed by atoms with van der Waals surface area (Å²) in [5.41, 5.74) is 4.31. The molecule has 2 heterocycles. The molecule has 0 aliphatic carbocycles. The third-order valence-electron chi connectivity index (χ3n) is 3.31. The number of nitrogens with one attached hydrogen (secondary N) is 1. The Labute approximate surface area is 118 Å². The van der Waals surface area contributed by atoms with Gasteiger partial charge in [-0.15, -0.1) is 0 Å². The first-order valence-electron chi connectivity index (χ1n) is 6.44. The first-order valence-corrected chi connectivity index (χ1v) is 6.44. The van der Waals surface area contributed by atoms with Crippen LogP contribution in [-0.4, -0.2) is 17.9 Å². The van der Waals surface area contributed by atoms with Gasteiger partial charge in [-0.05, 0) is 36.8 Å². The van der Waals surface area contributed by atoms with E-state index in [9.17, 15) is 0 Å². The summed E-state index contributed by atoms with van der Waals surface area (Å²) in [6.45, 7) is 6.18. The highest BCUT2D eigenvalue weighted by atomic mass is 15.3. The molecular formula is C16H16N4. The molecule has 4 heteroatoms. The third kappa shape index (κ3) is 1.95. The van der Waals surface area contributed by atoms with E-state index in [2.05, 4.69) is 51.9 Å². The fourth-order valence-electron chi connectivity index (χ4n) is 2.39. The Morgan fingerprint density at radius 2 is 2.15 bits per heavy atom. The maximum Gasteiger partial charge on any atom is 0.135 e. The van der Waals surface area contributed by atoms with E-state index in [0.29, 0.717) is 0 Å². The van der Waals surface area contributed by atoms with Crippen LogP contribution in [-0.2, 0) is 0 Å². The zero-order chi connectivity index (χ0) is 14.1. The molecule has 0 saturated heterocycles.